The van der Waals surface area contributed by atoms with E-state index in [2.05, 4.69) is 4.98 Å². The lowest BCUT2D eigenvalue weighted by Crippen LogP contribution is -2.28. The molecular weight excluding hydrogens is 204 g/mol. The van der Waals surface area contributed by atoms with Gasteiger partial charge in [0.2, 0.25) is 0 Å². The maximum atomic E-state index is 11.2. The smallest absolute Gasteiger partial charge is 0.339 e. The minimum Gasteiger partial charge on any atom is -0.478 e. The van der Waals surface area contributed by atoms with Gasteiger partial charge in [-0.05, 0) is 33.8 Å². The van der Waals surface area contributed by atoms with Crippen molar-refractivity contribution >= 4 is 11.7 Å². The molecule has 0 unspecified atom stereocenters. The molecule has 0 radical (unpaired) electrons. The summed E-state index contributed by atoms with van der Waals surface area (Å²) in [5.74, 6) is -0.924. The highest BCUT2D eigenvalue weighted by atomic mass is 16.4. The Morgan fingerprint density at radius 2 is 2.00 bits per heavy atom. The third-order valence-corrected chi connectivity index (χ3v) is 2.68. The number of aromatic carboxylic acids is 1. The van der Waals surface area contributed by atoms with Gasteiger partial charge in [-0.2, -0.15) is 0 Å². The lowest BCUT2D eigenvalue weighted by molar-refractivity contribution is 0.0696. The molecule has 1 rings (SSSR count). The molecule has 0 atom stereocenters. The van der Waals surface area contributed by atoms with Crippen molar-refractivity contribution in [3.8, 4) is 0 Å². The Kier molecular flexibility index (Phi) is 3.52. The molecule has 0 aliphatic carbocycles. The second kappa shape index (κ2) is 4.51. The molecule has 1 N–H and O–H groups in total. The third kappa shape index (κ3) is 2.32. The standard InChI is InChI=1S/C12H18N2O2/c1-7(2)14(5)10-6-8(3)13-9(4)11(10)12(15)16/h6-7H,1-5H3,(H,15,16). The van der Waals surface area contributed by atoms with Crippen molar-refractivity contribution in [3.05, 3.63) is 23.0 Å². The molecule has 0 spiro atoms. The molecule has 1 aromatic heterocycles. The average molecular weight is 222 g/mol. The van der Waals surface area contributed by atoms with Gasteiger partial charge in [0, 0.05) is 18.8 Å². The van der Waals surface area contributed by atoms with Crippen molar-refractivity contribution < 1.29 is 9.90 Å². The number of pyridine rings is 1. The van der Waals surface area contributed by atoms with E-state index in [0.29, 0.717) is 11.3 Å². The Morgan fingerprint density at radius 3 is 2.44 bits per heavy atom. The zero-order valence-corrected chi connectivity index (χ0v) is 10.4. The van der Waals surface area contributed by atoms with Gasteiger partial charge in [-0.1, -0.05) is 0 Å². The molecule has 0 aliphatic heterocycles. The van der Waals surface area contributed by atoms with Crippen LogP contribution in [0.3, 0.4) is 0 Å². The molecule has 16 heavy (non-hydrogen) atoms. The van der Waals surface area contributed by atoms with E-state index < -0.39 is 5.97 Å². The van der Waals surface area contributed by atoms with Crippen LogP contribution in [-0.4, -0.2) is 29.1 Å². The summed E-state index contributed by atoms with van der Waals surface area (Å²) in [5, 5.41) is 9.20. The third-order valence-electron chi connectivity index (χ3n) is 2.68. The van der Waals surface area contributed by atoms with E-state index in [0.717, 1.165) is 11.4 Å². The van der Waals surface area contributed by atoms with Crippen molar-refractivity contribution in [2.75, 3.05) is 11.9 Å². The van der Waals surface area contributed by atoms with Crippen LogP contribution in [0, 0.1) is 13.8 Å². The lowest BCUT2D eigenvalue weighted by atomic mass is 10.1. The first-order chi connectivity index (χ1) is 7.34. The summed E-state index contributed by atoms with van der Waals surface area (Å²) in [6, 6.07) is 2.07. The Hall–Kier alpha value is -1.58. The van der Waals surface area contributed by atoms with Gasteiger partial charge in [-0.25, -0.2) is 4.79 Å². The minimum absolute atomic E-state index is 0.249. The minimum atomic E-state index is -0.924. The molecule has 0 aliphatic rings. The fourth-order valence-electron chi connectivity index (χ4n) is 1.63. The molecule has 1 heterocycles. The summed E-state index contributed by atoms with van der Waals surface area (Å²) in [7, 11) is 1.89. The van der Waals surface area contributed by atoms with Crippen molar-refractivity contribution in [2.24, 2.45) is 0 Å². The normalized spacial score (nSPS) is 10.6. The van der Waals surface area contributed by atoms with Gasteiger partial charge in [0.15, 0.2) is 0 Å². The highest BCUT2D eigenvalue weighted by Gasteiger charge is 2.19. The second-order valence-corrected chi connectivity index (χ2v) is 4.25. The molecule has 0 amide bonds. The van der Waals surface area contributed by atoms with Gasteiger partial charge in [-0.3, -0.25) is 4.98 Å². The Morgan fingerprint density at radius 1 is 1.44 bits per heavy atom. The number of carboxylic acids is 1. The van der Waals surface area contributed by atoms with Crippen molar-refractivity contribution in [2.45, 2.75) is 33.7 Å². The van der Waals surface area contributed by atoms with Gasteiger partial charge < -0.3 is 10.0 Å². The van der Waals surface area contributed by atoms with Crippen molar-refractivity contribution in [1.29, 1.82) is 0 Å². The maximum Gasteiger partial charge on any atom is 0.339 e. The Labute approximate surface area is 95.9 Å². The largest absolute Gasteiger partial charge is 0.478 e. The van der Waals surface area contributed by atoms with E-state index in [-0.39, 0.29) is 6.04 Å². The zero-order valence-electron chi connectivity index (χ0n) is 10.4. The summed E-state index contributed by atoms with van der Waals surface area (Å²) in [6.07, 6.45) is 0. The van der Waals surface area contributed by atoms with Gasteiger partial charge in [0.1, 0.15) is 5.56 Å². The van der Waals surface area contributed by atoms with Gasteiger partial charge in [-0.15, -0.1) is 0 Å². The van der Waals surface area contributed by atoms with E-state index in [4.69, 9.17) is 0 Å². The molecule has 0 aromatic carbocycles. The van der Waals surface area contributed by atoms with Crippen LogP contribution >= 0.6 is 0 Å². The van der Waals surface area contributed by atoms with Crippen LogP contribution in [0.25, 0.3) is 0 Å². The molecule has 0 fully saturated rings. The quantitative estimate of drug-likeness (QED) is 0.852. The van der Waals surface area contributed by atoms with Gasteiger partial charge in [0.25, 0.3) is 0 Å². The highest BCUT2D eigenvalue weighted by molar-refractivity contribution is 5.95. The van der Waals surface area contributed by atoms with E-state index >= 15 is 0 Å². The van der Waals surface area contributed by atoms with Crippen LogP contribution in [0.5, 0.6) is 0 Å². The Balaban J connectivity index is 3.40. The monoisotopic (exact) mass is 222 g/mol. The number of rotatable bonds is 3. The number of aryl methyl sites for hydroxylation is 2. The van der Waals surface area contributed by atoms with Crippen LogP contribution in [-0.2, 0) is 0 Å². The van der Waals surface area contributed by atoms with Crippen molar-refractivity contribution in [1.82, 2.24) is 4.98 Å². The number of carboxylic acid groups (broad SMARTS) is 1. The van der Waals surface area contributed by atoms with E-state index in [1.807, 2.05) is 38.8 Å². The van der Waals surface area contributed by atoms with E-state index in [1.54, 1.807) is 6.92 Å². The molecule has 0 bridgehead atoms. The summed E-state index contributed by atoms with van der Waals surface area (Å²) in [4.78, 5) is 17.4. The first kappa shape index (κ1) is 12.5. The van der Waals surface area contributed by atoms with Crippen LogP contribution < -0.4 is 4.90 Å². The number of hydrogen-bond donors (Lipinski definition) is 1. The number of hydrogen-bond acceptors (Lipinski definition) is 3. The number of nitrogens with zero attached hydrogens (tertiary/aromatic N) is 2. The summed E-state index contributed by atoms with van der Waals surface area (Å²) in [6.45, 7) is 7.65. The molecule has 4 heteroatoms. The number of carbonyl (C=O) groups is 1. The van der Waals surface area contributed by atoms with E-state index in [1.165, 1.54) is 0 Å². The Bertz CT molecular complexity index is 414. The SMILES string of the molecule is Cc1cc(N(C)C(C)C)c(C(=O)O)c(C)n1. The first-order valence-electron chi connectivity index (χ1n) is 5.29. The number of anilines is 1. The summed E-state index contributed by atoms with van der Waals surface area (Å²) < 4.78 is 0. The average Bonchev–Trinajstić information content (AvgIpc) is 2.14. The van der Waals surface area contributed by atoms with Gasteiger partial charge >= 0.3 is 5.97 Å². The second-order valence-electron chi connectivity index (χ2n) is 4.25. The van der Waals surface area contributed by atoms with Crippen LogP contribution in [0.2, 0.25) is 0 Å². The molecular formula is C12H18N2O2. The fraction of sp³-hybridized carbons (Fsp3) is 0.500. The van der Waals surface area contributed by atoms with Gasteiger partial charge in [0.05, 0.1) is 11.4 Å². The molecule has 0 saturated carbocycles. The fourth-order valence-corrected chi connectivity index (χ4v) is 1.63. The maximum absolute atomic E-state index is 11.2. The van der Waals surface area contributed by atoms with E-state index in [9.17, 15) is 9.90 Å². The molecule has 0 saturated heterocycles. The van der Waals surface area contributed by atoms with Crippen LogP contribution in [0.4, 0.5) is 5.69 Å². The van der Waals surface area contributed by atoms with Crippen molar-refractivity contribution in [3.63, 3.8) is 0 Å². The van der Waals surface area contributed by atoms with Crippen LogP contribution in [0.15, 0.2) is 6.07 Å². The lowest BCUT2D eigenvalue weighted by Gasteiger charge is -2.26. The topological polar surface area (TPSA) is 53.4 Å². The van der Waals surface area contributed by atoms with Crippen LogP contribution in [0.1, 0.15) is 35.6 Å². The zero-order chi connectivity index (χ0) is 12.5. The predicted molar refractivity (Wildman–Crippen MR) is 64.2 cm³/mol. The summed E-state index contributed by atoms with van der Waals surface area (Å²) in [5.41, 5.74) is 2.43. The number of aromatic nitrogens is 1. The molecule has 4 nitrogen and oxygen atoms in total. The molecule has 88 valence electrons. The summed E-state index contributed by atoms with van der Waals surface area (Å²) >= 11 is 0. The first-order valence-corrected chi connectivity index (χ1v) is 5.29. The molecule has 1 aromatic rings. The predicted octanol–water partition coefficient (Wildman–Crippen LogP) is 2.24. The highest BCUT2D eigenvalue weighted by Crippen LogP contribution is 2.24.